The first-order valence-electron chi connectivity index (χ1n) is 4.38. The van der Waals surface area contributed by atoms with Crippen molar-refractivity contribution in [1.29, 1.82) is 0 Å². The fraction of sp³-hybridized carbons (Fsp3) is 0.0909. The SMILES string of the molecule is O=CCC=Cc1cc(C(=O)O)c(F)cc1F. The first kappa shape index (κ1) is 12.0. The van der Waals surface area contributed by atoms with Crippen molar-refractivity contribution in [2.75, 3.05) is 0 Å². The van der Waals surface area contributed by atoms with Gasteiger partial charge in [0.25, 0.3) is 0 Å². The number of halogens is 2. The van der Waals surface area contributed by atoms with Gasteiger partial charge in [0, 0.05) is 18.1 Å². The van der Waals surface area contributed by atoms with Gasteiger partial charge in [-0.2, -0.15) is 0 Å². The summed E-state index contributed by atoms with van der Waals surface area (Å²) in [6.45, 7) is 0. The molecule has 0 aromatic heterocycles. The molecule has 1 N–H and O–H groups in total. The maximum Gasteiger partial charge on any atom is 0.338 e. The number of carboxylic acids is 1. The zero-order valence-electron chi connectivity index (χ0n) is 8.11. The second-order valence-electron chi connectivity index (χ2n) is 2.96. The van der Waals surface area contributed by atoms with Gasteiger partial charge < -0.3 is 9.90 Å². The summed E-state index contributed by atoms with van der Waals surface area (Å²) < 4.78 is 26.1. The number of rotatable bonds is 4. The molecule has 0 aliphatic heterocycles. The van der Waals surface area contributed by atoms with E-state index < -0.39 is 23.2 Å². The monoisotopic (exact) mass is 226 g/mol. The number of aromatic carboxylic acids is 1. The summed E-state index contributed by atoms with van der Waals surface area (Å²) in [4.78, 5) is 20.6. The van der Waals surface area contributed by atoms with Crippen molar-refractivity contribution in [3.63, 3.8) is 0 Å². The number of carboxylic acid groups (broad SMARTS) is 1. The van der Waals surface area contributed by atoms with Crippen molar-refractivity contribution in [3.8, 4) is 0 Å². The summed E-state index contributed by atoms with van der Waals surface area (Å²) in [5, 5.41) is 8.61. The fourth-order valence-electron chi connectivity index (χ4n) is 1.11. The summed E-state index contributed by atoms with van der Waals surface area (Å²) >= 11 is 0. The average Bonchev–Trinajstić information content (AvgIpc) is 2.21. The second kappa shape index (κ2) is 5.16. The van der Waals surface area contributed by atoms with Crippen molar-refractivity contribution in [1.82, 2.24) is 0 Å². The lowest BCUT2D eigenvalue weighted by Gasteiger charge is -2.01. The molecule has 0 saturated carbocycles. The minimum atomic E-state index is -1.47. The van der Waals surface area contributed by atoms with Crippen LogP contribution in [0.4, 0.5) is 8.78 Å². The zero-order valence-corrected chi connectivity index (χ0v) is 8.11. The Kier molecular flexibility index (Phi) is 3.88. The highest BCUT2D eigenvalue weighted by molar-refractivity contribution is 5.88. The molecule has 0 fully saturated rings. The largest absolute Gasteiger partial charge is 0.478 e. The summed E-state index contributed by atoms with van der Waals surface area (Å²) in [5.74, 6) is -3.47. The van der Waals surface area contributed by atoms with Gasteiger partial charge in [-0.25, -0.2) is 13.6 Å². The van der Waals surface area contributed by atoms with E-state index in [0.29, 0.717) is 12.4 Å². The van der Waals surface area contributed by atoms with Crippen LogP contribution in [0.3, 0.4) is 0 Å². The van der Waals surface area contributed by atoms with Crippen molar-refractivity contribution >= 4 is 18.3 Å². The van der Waals surface area contributed by atoms with Gasteiger partial charge in [-0.05, 0) is 6.07 Å². The highest BCUT2D eigenvalue weighted by Crippen LogP contribution is 2.16. The van der Waals surface area contributed by atoms with E-state index in [-0.39, 0.29) is 12.0 Å². The maximum absolute atomic E-state index is 13.1. The third-order valence-electron chi connectivity index (χ3n) is 1.85. The van der Waals surface area contributed by atoms with Gasteiger partial charge in [-0.1, -0.05) is 12.2 Å². The number of aldehydes is 1. The maximum atomic E-state index is 13.1. The van der Waals surface area contributed by atoms with Crippen molar-refractivity contribution in [2.24, 2.45) is 0 Å². The quantitative estimate of drug-likeness (QED) is 0.801. The van der Waals surface area contributed by atoms with Crippen molar-refractivity contribution in [3.05, 3.63) is 41.0 Å². The normalized spacial score (nSPS) is 10.6. The third-order valence-corrected chi connectivity index (χ3v) is 1.85. The molecule has 5 heteroatoms. The Bertz CT molecular complexity index is 453. The molecular weight excluding hydrogens is 218 g/mol. The van der Waals surface area contributed by atoms with Crippen LogP contribution in [-0.4, -0.2) is 17.4 Å². The van der Waals surface area contributed by atoms with Gasteiger partial charge >= 0.3 is 5.97 Å². The Morgan fingerprint density at radius 2 is 2.00 bits per heavy atom. The van der Waals surface area contributed by atoms with Crippen LogP contribution >= 0.6 is 0 Å². The van der Waals surface area contributed by atoms with Gasteiger partial charge in [-0.15, -0.1) is 0 Å². The van der Waals surface area contributed by atoms with E-state index in [2.05, 4.69) is 0 Å². The minimum Gasteiger partial charge on any atom is -0.478 e. The lowest BCUT2D eigenvalue weighted by molar-refractivity contribution is -0.107. The topological polar surface area (TPSA) is 54.4 Å². The molecule has 84 valence electrons. The third kappa shape index (κ3) is 2.73. The first-order valence-corrected chi connectivity index (χ1v) is 4.38. The standard InChI is InChI=1S/C11H8F2O3/c12-9-6-10(13)8(11(15)16)5-7(9)3-1-2-4-14/h1,3-6H,2H2,(H,15,16). The lowest BCUT2D eigenvalue weighted by atomic mass is 10.1. The molecule has 0 saturated heterocycles. The molecule has 0 amide bonds. The summed E-state index contributed by atoms with van der Waals surface area (Å²) in [6, 6.07) is 1.39. The van der Waals surface area contributed by atoms with Crippen molar-refractivity contribution < 1.29 is 23.5 Å². The van der Waals surface area contributed by atoms with Crippen molar-refractivity contribution in [2.45, 2.75) is 6.42 Å². The zero-order chi connectivity index (χ0) is 12.1. The Hall–Kier alpha value is -2.04. The molecule has 1 rings (SSSR count). The average molecular weight is 226 g/mol. The molecule has 0 aliphatic carbocycles. The number of allylic oxidation sites excluding steroid dienone is 1. The van der Waals surface area contributed by atoms with Crippen LogP contribution in [0.25, 0.3) is 6.08 Å². The predicted molar refractivity (Wildman–Crippen MR) is 53.0 cm³/mol. The van der Waals surface area contributed by atoms with Crippen LogP contribution in [0.1, 0.15) is 22.3 Å². The molecule has 1 aromatic rings. The predicted octanol–water partition coefficient (Wildman–Crippen LogP) is 2.27. The van der Waals surface area contributed by atoms with Gasteiger partial charge in [0.15, 0.2) is 0 Å². The van der Waals surface area contributed by atoms with Gasteiger partial charge in [0.05, 0.1) is 5.56 Å². The number of carbonyl (C=O) groups is 2. The number of hydrogen-bond donors (Lipinski definition) is 1. The molecule has 0 radical (unpaired) electrons. The van der Waals surface area contributed by atoms with E-state index >= 15 is 0 Å². The fourth-order valence-corrected chi connectivity index (χ4v) is 1.11. The molecule has 0 atom stereocenters. The Labute approximate surface area is 90.0 Å². The molecule has 0 heterocycles. The molecule has 0 spiro atoms. The highest BCUT2D eigenvalue weighted by atomic mass is 19.1. The van der Waals surface area contributed by atoms with E-state index in [9.17, 15) is 18.4 Å². The van der Waals surface area contributed by atoms with E-state index in [1.807, 2.05) is 0 Å². The van der Waals surface area contributed by atoms with Gasteiger partial charge in [-0.3, -0.25) is 0 Å². The molecule has 0 bridgehead atoms. The molecule has 0 unspecified atom stereocenters. The van der Waals surface area contributed by atoms with E-state index in [1.54, 1.807) is 0 Å². The lowest BCUT2D eigenvalue weighted by Crippen LogP contribution is -2.02. The molecular formula is C11H8F2O3. The Morgan fingerprint density at radius 1 is 1.31 bits per heavy atom. The summed E-state index contributed by atoms with van der Waals surface area (Å²) in [5.41, 5.74) is -0.673. The van der Waals surface area contributed by atoms with Crippen LogP contribution in [0, 0.1) is 11.6 Å². The van der Waals surface area contributed by atoms with Gasteiger partial charge in [0.2, 0.25) is 0 Å². The van der Waals surface area contributed by atoms with Crippen LogP contribution in [0.15, 0.2) is 18.2 Å². The van der Waals surface area contributed by atoms with Crippen LogP contribution in [0.2, 0.25) is 0 Å². The Morgan fingerprint density at radius 3 is 2.56 bits per heavy atom. The number of carbonyl (C=O) groups excluding carboxylic acids is 1. The molecule has 3 nitrogen and oxygen atoms in total. The highest BCUT2D eigenvalue weighted by Gasteiger charge is 2.13. The first-order chi connectivity index (χ1) is 7.56. The molecule has 1 aromatic carbocycles. The smallest absolute Gasteiger partial charge is 0.338 e. The van der Waals surface area contributed by atoms with Crippen LogP contribution in [0.5, 0.6) is 0 Å². The minimum absolute atomic E-state index is 0.0688. The van der Waals surface area contributed by atoms with E-state index in [1.165, 1.54) is 12.2 Å². The van der Waals surface area contributed by atoms with E-state index in [4.69, 9.17) is 5.11 Å². The number of hydrogen-bond acceptors (Lipinski definition) is 2. The Balaban J connectivity index is 3.14. The van der Waals surface area contributed by atoms with Crippen LogP contribution < -0.4 is 0 Å². The van der Waals surface area contributed by atoms with E-state index in [0.717, 1.165) is 6.07 Å². The van der Waals surface area contributed by atoms with Gasteiger partial charge in [0.1, 0.15) is 17.9 Å². The molecule has 16 heavy (non-hydrogen) atoms. The van der Waals surface area contributed by atoms with Crippen LogP contribution in [-0.2, 0) is 4.79 Å². The number of benzene rings is 1. The summed E-state index contributed by atoms with van der Waals surface area (Å²) in [7, 11) is 0. The second-order valence-corrected chi connectivity index (χ2v) is 2.96. The summed E-state index contributed by atoms with van der Waals surface area (Å²) in [6.07, 6.45) is 3.28. The molecule has 0 aliphatic rings.